The minimum atomic E-state index is -1.19. The molecule has 0 unspecified atom stereocenters. The van der Waals surface area contributed by atoms with E-state index in [1.165, 1.54) is 23.5 Å². The predicted molar refractivity (Wildman–Crippen MR) is 107 cm³/mol. The first-order valence-electron chi connectivity index (χ1n) is 7.85. The van der Waals surface area contributed by atoms with Gasteiger partial charge in [-0.25, -0.2) is 0 Å². The first kappa shape index (κ1) is 19.3. The Labute approximate surface area is 157 Å². The van der Waals surface area contributed by atoms with Gasteiger partial charge >= 0.3 is 0 Å². The summed E-state index contributed by atoms with van der Waals surface area (Å²) in [6, 6.07) is 15.7. The Bertz CT molecular complexity index is 668. The first-order chi connectivity index (χ1) is 12.1. The Kier molecular flexibility index (Phi) is 7.29. The summed E-state index contributed by atoms with van der Waals surface area (Å²) in [7, 11) is 0. The number of carbonyl (C=O) groups excluding carboxylic acids is 2. The van der Waals surface area contributed by atoms with Gasteiger partial charge in [0.1, 0.15) is 0 Å². The topological polar surface area (TPSA) is 34.1 Å². The molecule has 2 aromatic carbocycles. The van der Waals surface area contributed by atoms with Crippen LogP contribution in [0, 0.1) is 0 Å². The summed E-state index contributed by atoms with van der Waals surface area (Å²) in [5.74, 6) is 0. The molecule has 0 aliphatic heterocycles. The second-order valence-corrected chi connectivity index (χ2v) is 8.40. The van der Waals surface area contributed by atoms with E-state index in [-0.39, 0.29) is 0 Å². The SMILES string of the molecule is C=CCc1ccc(SC(C=O)(C=O)Sc2ccc(CC=C)cc2)cc1. The summed E-state index contributed by atoms with van der Waals surface area (Å²) in [5.41, 5.74) is 2.29. The minimum absolute atomic E-state index is 0.713. The minimum Gasteiger partial charge on any atom is -0.300 e. The average Bonchev–Trinajstić information content (AvgIpc) is 2.65. The van der Waals surface area contributed by atoms with Gasteiger partial charge in [-0.3, -0.25) is 0 Å². The molecule has 2 aromatic rings. The van der Waals surface area contributed by atoms with Crippen LogP contribution in [-0.2, 0) is 22.4 Å². The molecule has 0 saturated heterocycles. The maximum atomic E-state index is 11.7. The Hall–Kier alpha value is -2.04. The van der Waals surface area contributed by atoms with E-state index in [0.29, 0.717) is 12.6 Å². The van der Waals surface area contributed by atoms with E-state index in [1.807, 2.05) is 60.7 Å². The molecule has 128 valence electrons. The number of thioether (sulfide) groups is 2. The molecule has 0 bridgehead atoms. The van der Waals surface area contributed by atoms with Crippen molar-refractivity contribution in [2.24, 2.45) is 0 Å². The lowest BCUT2D eigenvalue weighted by molar-refractivity contribution is -0.114. The van der Waals surface area contributed by atoms with Crippen molar-refractivity contribution < 1.29 is 9.59 Å². The molecule has 25 heavy (non-hydrogen) atoms. The first-order valence-corrected chi connectivity index (χ1v) is 9.48. The van der Waals surface area contributed by atoms with Crippen molar-refractivity contribution in [3.63, 3.8) is 0 Å². The number of aldehydes is 2. The van der Waals surface area contributed by atoms with Gasteiger partial charge in [0.15, 0.2) is 16.7 Å². The smallest absolute Gasteiger partial charge is 0.181 e. The van der Waals surface area contributed by atoms with Gasteiger partial charge in [-0.2, -0.15) is 0 Å². The van der Waals surface area contributed by atoms with E-state index < -0.39 is 4.08 Å². The van der Waals surface area contributed by atoms with Gasteiger partial charge in [0, 0.05) is 9.79 Å². The maximum absolute atomic E-state index is 11.7. The number of hydrogen-bond acceptors (Lipinski definition) is 4. The zero-order valence-corrected chi connectivity index (χ0v) is 15.5. The number of rotatable bonds is 10. The van der Waals surface area contributed by atoms with Gasteiger partial charge in [0.2, 0.25) is 0 Å². The summed E-state index contributed by atoms with van der Waals surface area (Å²) in [6.07, 6.45) is 6.70. The summed E-state index contributed by atoms with van der Waals surface area (Å²) in [5, 5.41) is 0. The highest BCUT2D eigenvalue weighted by atomic mass is 32.2. The van der Waals surface area contributed by atoms with Crippen molar-refractivity contribution in [3.8, 4) is 0 Å². The van der Waals surface area contributed by atoms with Crippen molar-refractivity contribution in [2.75, 3.05) is 0 Å². The summed E-state index contributed by atoms with van der Waals surface area (Å²) >= 11 is 2.51. The van der Waals surface area contributed by atoms with Gasteiger partial charge in [-0.15, -0.1) is 13.2 Å². The van der Waals surface area contributed by atoms with E-state index in [1.54, 1.807) is 0 Å². The molecule has 0 spiro atoms. The number of hydrogen-bond donors (Lipinski definition) is 0. The monoisotopic (exact) mass is 368 g/mol. The highest BCUT2D eigenvalue weighted by Gasteiger charge is 2.32. The van der Waals surface area contributed by atoms with Crippen LogP contribution in [-0.4, -0.2) is 16.7 Å². The van der Waals surface area contributed by atoms with Crippen molar-refractivity contribution >= 4 is 36.1 Å². The number of benzene rings is 2. The molecular weight excluding hydrogens is 348 g/mol. The zero-order valence-electron chi connectivity index (χ0n) is 13.9. The molecule has 0 saturated carbocycles. The molecule has 2 rings (SSSR count). The van der Waals surface area contributed by atoms with Crippen LogP contribution in [0.4, 0.5) is 0 Å². The van der Waals surface area contributed by atoms with Gasteiger partial charge in [0.05, 0.1) is 0 Å². The van der Waals surface area contributed by atoms with Gasteiger partial charge in [-0.05, 0) is 48.2 Å². The third kappa shape index (κ3) is 5.48. The van der Waals surface area contributed by atoms with E-state index >= 15 is 0 Å². The second kappa shape index (κ2) is 9.44. The van der Waals surface area contributed by atoms with Gasteiger partial charge in [-0.1, -0.05) is 59.9 Å². The van der Waals surface area contributed by atoms with Crippen molar-refractivity contribution in [3.05, 3.63) is 85.0 Å². The molecule has 0 amide bonds. The van der Waals surface area contributed by atoms with Gasteiger partial charge < -0.3 is 9.59 Å². The summed E-state index contributed by atoms with van der Waals surface area (Å²) in [6.45, 7) is 7.44. The zero-order chi connectivity index (χ0) is 18.1. The molecule has 0 N–H and O–H groups in total. The molecule has 0 radical (unpaired) electrons. The van der Waals surface area contributed by atoms with Crippen LogP contribution in [0.25, 0.3) is 0 Å². The van der Waals surface area contributed by atoms with Crippen LogP contribution in [0.5, 0.6) is 0 Å². The lowest BCUT2D eigenvalue weighted by Gasteiger charge is -2.20. The number of carbonyl (C=O) groups is 2. The summed E-state index contributed by atoms with van der Waals surface area (Å²) < 4.78 is -1.19. The quantitative estimate of drug-likeness (QED) is 0.192. The van der Waals surface area contributed by atoms with E-state index in [2.05, 4.69) is 13.2 Å². The molecule has 0 aliphatic carbocycles. The lowest BCUT2D eigenvalue weighted by atomic mass is 10.2. The van der Waals surface area contributed by atoms with Crippen molar-refractivity contribution in [1.82, 2.24) is 0 Å². The van der Waals surface area contributed by atoms with Crippen LogP contribution >= 0.6 is 23.5 Å². The maximum Gasteiger partial charge on any atom is 0.181 e. The Morgan fingerprint density at radius 1 is 0.720 bits per heavy atom. The molecule has 4 heteroatoms. The van der Waals surface area contributed by atoms with Crippen LogP contribution in [0.15, 0.2) is 83.6 Å². The molecule has 0 aromatic heterocycles. The average molecular weight is 369 g/mol. The molecule has 0 fully saturated rings. The van der Waals surface area contributed by atoms with E-state index in [0.717, 1.165) is 33.8 Å². The van der Waals surface area contributed by atoms with E-state index in [4.69, 9.17) is 0 Å². The summed E-state index contributed by atoms with van der Waals surface area (Å²) in [4.78, 5) is 25.2. The molecule has 0 aliphatic rings. The molecule has 0 heterocycles. The number of allylic oxidation sites excluding steroid dienone is 2. The van der Waals surface area contributed by atoms with E-state index in [9.17, 15) is 9.59 Å². The molecular formula is C21H20O2S2. The normalized spacial score (nSPS) is 10.9. The van der Waals surface area contributed by atoms with Crippen LogP contribution in [0.1, 0.15) is 11.1 Å². The highest BCUT2D eigenvalue weighted by molar-refractivity contribution is 8.20. The van der Waals surface area contributed by atoms with Crippen LogP contribution in [0.3, 0.4) is 0 Å². The Balaban J connectivity index is 2.16. The molecule has 0 atom stereocenters. The Morgan fingerprint density at radius 2 is 1.08 bits per heavy atom. The Morgan fingerprint density at radius 3 is 1.36 bits per heavy atom. The third-order valence-corrected chi connectivity index (χ3v) is 6.03. The standard InChI is InChI=1S/C21H20O2S2/c1-3-5-17-7-11-19(12-8-17)24-21(15-22,16-23)25-20-13-9-18(6-4-2)10-14-20/h3-4,7-16H,1-2,5-6H2. The molecule has 2 nitrogen and oxygen atoms in total. The lowest BCUT2D eigenvalue weighted by Crippen LogP contribution is -2.23. The van der Waals surface area contributed by atoms with Crippen LogP contribution in [0.2, 0.25) is 0 Å². The van der Waals surface area contributed by atoms with Crippen molar-refractivity contribution in [1.29, 1.82) is 0 Å². The fourth-order valence-corrected chi connectivity index (χ4v) is 4.45. The predicted octanol–water partition coefficient (Wildman–Crippen LogP) is 5.12. The third-order valence-electron chi connectivity index (χ3n) is 3.49. The fraction of sp³-hybridized carbons (Fsp3) is 0.143. The fourth-order valence-electron chi connectivity index (χ4n) is 2.23. The largest absolute Gasteiger partial charge is 0.300 e. The highest BCUT2D eigenvalue weighted by Crippen LogP contribution is 2.43. The van der Waals surface area contributed by atoms with Crippen molar-refractivity contribution in [2.45, 2.75) is 26.7 Å². The van der Waals surface area contributed by atoms with Gasteiger partial charge in [0.25, 0.3) is 0 Å². The second-order valence-electron chi connectivity index (χ2n) is 5.43. The van der Waals surface area contributed by atoms with Crippen LogP contribution < -0.4 is 0 Å².